The Labute approximate surface area is 200 Å². The van der Waals surface area contributed by atoms with E-state index < -0.39 is 5.60 Å². The quantitative estimate of drug-likeness (QED) is 0.341. The Balaban J connectivity index is 1.79. The fourth-order valence-electron chi connectivity index (χ4n) is 5.85. The van der Waals surface area contributed by atoms with Crippen LogP contribution in [-0.2, 0) is 29.4 Å². The standard InChI is InChI=1S/C26H34N2O6/c1-6-16-14-28-12-11-26(34-22(29)7-2)23-19(9-8-10-21(23)32-4)27-24(26)20(28)13-17(16)18(15-31-3)25(30)33-5/h8-10,15-17,20H,6-7,11-14H2,1-5H3/b18-15+/t16-,17+,20+,26+/m1/s1. The molecule has 4 atom stereocenters. The van der Waals surface area contributed by atoms with Crippen LogP contribution < -0.4 is 4.74 Å². The number of methoxy groups -OCH3 is 3. The normalized spacial score (nSPS) is 28.2. The summed E-state index contributed by atoms with van der Waals surface area (Å²) in [6, 6.07) is 5.64. The van der Waals surface area contributed by atoms with Gasteiger partial charge in [-0.3, -0.25) is 14.7 Å². The molecule has 3 aliphatic rings. The summed E-state index contributed by atoms with van der Waals surface area (Å²) in [7, 11) is 4.55. The van der Waals surface area contributed by atoms with Gasteiger partial charge >= 0.3 is 11.9 Å². The molecule has 0 radical (unpaired) electrons. The molecule has 1 aromatic rings. The van der Waals surface area contributed by atoms with Crippen LogP contribution in [0.15, 0.2) is 35.0 Å². The molecule has 34 heavy (non-hydrogen) atoms. The van der Waals surface area contributed by atoms with Crippen LogP contribution in [0.3, 0.4) is 0 Å². The van der Waals surface area contributed by atoms with Crippen LogP contribution in [0.1, 0.15) is 45.1 Å². The molecule has 0 spiro atoms. The lowest BCUT2D eigenvalue weighted by molar-refractivity contribution is -0.156. The van der Waals surface area contributed by atoms with Crippen LogP contribution in [0.25, 0.3) is 0 Å². The topological polar surface area (TPSA) is 86.7 Å². The maximum Gasteiger partial charge on any atom is 0.337 e. The molecule has 0 amide bonds. The highest BCUT2D eigenvalue weighted by molar-refractivity contribution is 6.06. The Hall–Kier alpha value is -2.87. The van der Waals surface area contributed by atoms with E-state index in [-0.39, 0.29) is 36.2 Å². The van der Waals surface area contributed by atoms with E-state index in [1.807, 2.05) is 18.2 Å². The molecular formula is C26H34N2O6. The lowest BCUT2D eigenvalue weighted by Crippen LogP contribution is -2.61. The molecule has 0 aliphatic carbocycles. The van der Waals surface area contributed by atoms with Crippen molar-refractivity contribution in [1.82, 2.24) is 4.90 Å². The lowest BCUT2D eigenvalue weighted by Gasteiger charge is -2.51. The average Bonchev–Trinajstić information content (AvgIpc) is 3.20. The number of rotatable bonds is 7. The van der Waals surface area contributed by atoms with Gasteiger partial charge in [-0.25, -0.2) is 4.79 Å². The van der Waals surface area contributed by atoms with E-state index in [9.17, 15) is 9.59 Å². The number of aliphatic imine (C=N–C) groups is 1. The zero-order chi connectivity index (χ0) is 24.5. The molecule has 3 aliphatic heterocycles. The number of nitrogens with zero attached hydrogens (tertiary/aromatic N) is 2. The smallest absolute Gasteiger partial charge is 0.337 e. The first-order chi connectivity index (χ1) is 16.4. The van der Waals surface area contributed by atoms with Gasteiger partial charge in [0.1, 0.15) is 5.75 Å². The minimum absolute atomic E-state index is 0.0652. The highest BCUT2D eigenvalue weighted by Gasteiger charge is 2.57. The van der Waals surface area contributed by atoms with E-state index >= 15 is 0 Å². The maximum atomic E-state index is 12.7. The molecule has 4 rings (SSSR count). The Morgan fingerprint density at radius 3 is 2.68 bits per heavy atom. The van der Waals surface area contributed by atoms with Crippen LogP contribution in [0.4, 0.5) is 5.69 Å². The van der Waals surface area contributed by atoms with Gasteiger partial charge in [0.05, 0.1) is 56.2 Å². The van der Waals surface area contributed by atoms with E-state index in [0.717, 1.165) is 36.5 Å². The first kappa shape index (κ1) is 24.3. The van der Waals surface area contributed by atoms with Gasteiger partial charge in [0.15, 0.2) is 5.60 Å². The van der Waals surface area contributed by atoms with Crippen molar-refractivity contribution in [3.8, 4) is 5.75 Å². The van der Waals surface area contributed by atoms with Crippen molar-refractivity contribution >= 4 is 23.3 Å². The van der Waals surface area contributed by atoms with Crippen LogP contribution in [0.5, 0.6) is 5.75 Å². The summed E-state index contributed by atoms with van der Waals surface area (Å²) in [5, 5.41) is 0. The molecule has 1 aromatic carbocycles. The SMILES string of the molecule is CCC(=O)O[C@]12CCN3C[C@@H](CC)[C@@H](/C(=C\OC)C(=O)OC)C[C@H]3C1=Nc1cccc(OC)c12. The number of piperidine rings is 2. The molecule has 184 valence electrons. The molecule has 0 bridgehead atoms. The summed E-state index contributed by atoms with van der Waals surface area (Å²) in [5.74, 6) is 0.220. The van der Waals surface area contributed by atoms with Crippen molar-refractivity contribution in [2.75, 3.05) is 34.4 Å². The van der Waals surface area contributed by atoms with Crippen molar-refractivity contribution in [1.29, 1.82) is 0 Å². The van der Waals surface area contributed by atoms with Crippen molar-refractivity contribution < 1.29 is 28.5 Å². The van der Waals surface area contributed by atoms with Gasteiger partial charge in [-0.05, 0) is 30.4 Å². The van der Waals surface area contributed by atoms with E-state index in [2.05, 4.69) is 11.8 Å². The zero-order valence-electron chi connectivity index (χ0n) is 20.6. The number of fused-ring (bicyclic) bond motifs is 5. The number of ether oxygens (including phenoxy) is 4. The van der Waals surface area contributed by atoms with E-state index in [1.54, 1.807) is 21.1 Å². The van der Waals surface area contributed by atoms with Crippen molar-refractivity contribution in [3.63, 3.8) is 0 Å². The highest BCUT2D eigenvalue weighted by atomic mass is 16.6. The Bertz CT molecular complexity index is 1020. The van der Waals surface area contributed by atoms with E-state index in [0.29, 0.717) is 24.2 Å². The third-order valence-electron chi connectivity index (χ3n) is 7.47. The van der Waals surface area contributed by atoms with Gasteiger partial charge in [-0.1, -0.05) is 26.3 Å². The number of hydrogen-bond donors (Lipinski definition) is 0. The predicted octanol–water partition coefficient (Wildman–Crippen LogP) is 3.75. The molecule has 0 N–H and O–H groups in total. The maximum absolute atomic E-state index is 12.7. The summed E-state index contributed by atoms with van der Waals surface area (Å²) >= 11 is 0. The molecule has 8 nitrogen and oxygen atoms in total. The zero-order valence-corrected chi connectivity index (χ0v) is 20.6. The summed E-state index contributed by atoms with van der Waals surface area (Å²) < 4.78 is 22.3. The summed E-state index contributed by atoms with van der Waals surface area (Å²) in [4.78, 5) is 32.8. The van der Waals surface area contributed by atoms with Gasteiger partial charge < -0.3 is 18.9 Å². The van der Waals surface area contributed by atoms with Crippen LogP contribution >= 0.6 is 0 Å². The van der Waals surface area contributed by atoms with Gasteiger partial charge in [0.2, 0.25) is 0 Å². The number of carbonyl (C=O) groups excluding carboxylic acids is 2. The van der Waals surface area contributed by atoms with Crippen molar-refractivity contribution in [2.24, 2.45) is 16.8 Å². The summed E-state index contributed by atoms with van der Waals surface area (Å²) in [6.07, 6.45) is 3.97. The fourth-order valence-corrected chi connectivity index (χ4v) is 5.85. The van der Waals surface area contributed by atoms with Gasteiger partial charge in [0, 0.05) is 25.9 Å². The minimum atomic E-state index is -0.962. The molecule has 0 saturated carbocycles. The van der Waals surface area contributed by atoms with Crippen molar-refractivity contribution in [3.05, 3.63) is 35.6 Å². The van der Waals surface area contributed by atoms with Gasteiger partial charge in [-0.15, -0.1) is 0 Å². The number of carbonyl (C=O) groups is 2. The van der Waals surface area contributed by atoms with Crippen LogP contribution in [-0.4, -0.2) is 63.0 Å². The average molecular weight is 471 g/mol. The van der Waals surface area contributed by atoms with Gasteiger partial charge in [0.25, 0.3) is 0 Å². The van der Waals surface area contributed by atoms with Crippen LogP contribution in [0.2, 0.25) is 0 Å². The molecule has 3 heterocycles. The third-order valence-corrected chi connectivity index (χ3v) is 7.47. The molecule has 2 fully saturated rings. The molecule has 0 unspecified atom stereocenters. The van der Waals surface area contributed by atoms with E-state index in [4.69, 9.17) is 23.9 Å². The number of benzene rings is 1. The first-order valence-corrected chi connectivity index (χ1v) is 12.0. The molecular weight excluding hydrogens is 436 g/mol. The third kappa shape index (κ3) is 3.87. The molecule has 2 saturated heterocycles. The second-order valence-electron chi connectivity index (χ2n) is 9.08. The van der Waals surface area contributed by atoms with Crippen LogP contribution in [0, 0.1) is 11.8 Å². The number of hydrogen-bond acceptors (Lipinski definition) is 8. The fraction of sp³-hybridized carbons (Fsp3) is 0.577. The lowest BCUT2D eigenvalue weighted by atomic mass is 9.70. The Kier molecular flexibility index (Phi) is 6.98. The Morgan fingerprint density at radius 1 is 1.24 bits per heavy atom. The summed E-state index contributed by atoms with van der Waals surface area (Å²) in [5.41, 5.74) is 1.99. The minimum Gasteiger partial charge on any atom is -0.504 e. The highest BCUT2D eigenvalue weighted by Crippen LogP contribution is 2.53. The molecule has 8 heteroatoms. The van der Waals surface area contributed by atoms with Crippen molar-refractivity contribution in [2.45, 2.75) is 51.2 Å². The largest absolute Gasteiger partial charge is 0.504 e. The first-order valence-electron chi connectivity index (χ1n) is 12.0. The number of esters is 2. The predicted molar refractivity (Wildman–Crippen MR) is 127 cm³/mol. The second-order valence-corrected chi connectivity index (χ2v) is 9.08. The van der Waals surface area contributed by atoms with Gasteiger partial charge in [-0.2, -0.15) is 0 Å². The summed E-state index contributed by atoms with van der Waals surface area (Å²) in [6.45, 7) is 5.51. The molecule has 0 aromatic heterocycles. The van der Waals surface area contributed by atoms with E-state index in [1.165, 1.54) is 13.4 Å². The Morgan fingerprint density at radius 2 is 2.03 bits per heavy atom. The monoisotopic (exact) mass is 470 g/mol. The second kappa shape index (κ2) is 9.78.